The Balaban J connectivity index is 4.34. The summed E-state index contributed by atoms with van der Waals surface area (Å²) in [7, 11) is 1.54. The molecule has 64 heavy (non-hydrogen) atoms. The number of carbonyl (C=O) groups excluding carboxylic acids is 1. The Morgan fingerprint density at radius 3 is 1.25 bits per heavy atom. The number of allylic oxidation sites excluding steroid dienone is 7. The lowest BCUT2D eigenvalue weighted by atomic mass is 10.0. The summed E-state index contributed by atoms with van der Waals surface area (Å²) in [6.45, 7) is 4.79. The first-order valence-corrected chi connectivity index (χ1v) is 28.5. The molecule has 1 amide bonds. The smallest absolute Gasteiger partial charge is 0.387 e. The first-order chi connectivity index (χ1) is 31.0. The van der Waals surface area contributed by atoms with Gasteiger partial charge in [0.2, 0.25) is 5.91 Å². The lowest BCUT2D eigenvalue weighted by Gasteiger charge is -2.25. The molecule has 0 spiro atoms. The van der Waals surface area contributed by atoms with Crippen LogP contribution in [0.5, 0.6) is 0 Å². The zero-order valence-corrected chi connectivity index (χ0v) is 43.7. The number of phosphoric ester groups is 1. The third-order valence-electron chi connectivity index (χ3n) is 12.0. The minimum Gasteiger partial charge on any atom is -0.387 e. The Morgan fingerprint density at radius 1 is 0.516 bits per heavy atom. The normalized spacial score (nSPS) is 14.4. The molecule has 0 aromatic heterocycles. The van der Waals surface area contributed by atoms with Gasteiger partial charge in [-0.25, -0.2) is 4.57 Å². The Kier molecular flexibility index (Phi) is 45.4. The summed E-state index contributed by atoms with van der Waals surface area (Å²) in [5.74, 6) is -0.195. The molecule has 0 aliphatic carbocycles. The van der Waals surface area contributed by atoms with Crippen molar-refractivity contribution in [2.45, 2.75) is 257 Å². The van der Waals surface area contributed by atoms with Crippen LogP contribution in [0.1, 0.15) is 245 Å². The number of hydrogen-bond donors (Lipinski definition) is 3. The number of rotatable bonds is 49. The molecule has 0 saturated heterocycles. The van der Waals surface area contributed by atoms with Crippen molar-refractivity contribution in [2.75, 3.05) is 40.9 Å². The molecule has 0 rings (SSSR count). The van der Waals surface area contributed by atoms with E-state index in [1.165, 1.54) is 180 Å². The van der Waals surface area contributed by atoms with Crippen LogP contribution in [-0.4, -0.2) is 73.4 Å². The van der Waals surface area contributed by atoms with E-state index >= 15 is 0 Å². The highest BCUT2D eigenvalue weighted by Gasteiger charge is 2.27. The highest BCUT2D eigenvalue weighted by Crippen LogP contribution is 2.43. The molecule has 0 aromatic carbocycles. The highest BCUT2D eigenvalue weighted by atomic mass is 31.2. The van der Waals surface area contributed by atoms with Crippen molar-refractivity contribution in [3.8, 4) is 0 Å². The fourth-order valence-electron chi connectivity index (χ4n) is 7.72. The maximum absolute atomic E-state index is 12.9. The van der Waals surface area contributed by atoms with E-state index in [4.69, 9.17) is 9.05 Å². The zero-order valence-electron chi connectivity index (χ0n) is 42.8. The molecule has 376 valence electrons. The molecule has 0 bridgehead atoms. The van der Waals surface area contributed by atoms with Crippen molar-refractivity contribution in [1.82, 2.24) is 5.32 Å². The third-order valence-corrected chi connectivity index (χ3v) is 13.0. The maximum Gasteiger partial charge on any atom is 0.472 e. The molecule has 3 unspecified atom stereocenters. The molecule has 0 aliphatic rings. The second-order valence-corrected chi connectivity index (χ2v) is 21.0. The van der Waals surface area contributed by atoms with Crippen molar-refractivity contribution < 1.29 is 32.9 Å². The van der Waals surface area contributed by atoms with Gasteiger partial charge in [0, 0.05) is 6.42 Å². The van der Waals surface area contributed by atoms with Crippen molar-refractivity contribution in [3.63, 3.8) is 0 Å². The Hall–Kier alpha value is -1.54. The molecule has 0 radical (unpaired) electrons. The first kappa shape index (κ1) is 62.5. The number of aliphatic hydroxyl groups excluding tert-OH is 1. The minimum absolute atomic E-state index is 0.0521. The van der Waals surface area contributed by atoms with Gasteiger partial charge in [0.15, 0.2) is 0 Å². The number of aliphatic hydroxyl groups is 1. The Labute approximate surface area is 397 Å². The van der Waals surface area contributed by atoms with Crippen LogP contribution >= 0.6 is 7.82 Å². The van der Waals surface area contributed by atoms with Crippen LogP contribution in [0.2, 0.25) is 0 Å². The highest BCUT2D eigenvalue weighted by molar-refractivity contribution is 7.47. The van der Waals surface area contributed by atoms with Crippen LogP contribution in [-0.2, 0) is 18.4 Å². The molecule has 0 saturated carbocycles. The zero-order chi connectivity index (χ0) is 47.1. The largest absolute Gasteiger partial charge is 0.472 e. The minimum atomic E-state index is -4.36. The maximum atomic E-state index is 12.9. The van der Waals surface area contributed by atoms with E-state index in [0.29, 0.717) is 17.4 Å². The standard InChI is InChI=1S/C55H105N2O6P/c1-6-8-10-12-14-16-18-20-22-24-25-26-27-28-29-30-31-33-34-36-38-40-42-44-46-48-54(58)53(52-63-64(60,61)62-51-50-57(3,4)5)56-55(59)49-47-45-43-41-39-37-35-32-23-21-19-17-15-13-11-9-7-2/h21,23,31,33,38,40,46,48,53-54,58H,6-20,22,24-30,32,34-37,39,41-45,47,49-52H2,1-5H3,(H-,56,59,60,61)/p+1/b23-21-,33-31+,40-38+,48-46+. The molecule has 8 nitrogen and oxygen atoms in total. The first-order valence-electron chi connectivity index (χ1n) is 27.0. The fourth-order valence-corrected chi connectivity index (χ4v) is 8.45. The third kappa shape index (κ3) is 48.4. The number of hydrogen-bond acceptors (Lipinski definition) is 5. The van der Waals surface area contributed by atoms with Gasteiger partial charge < -0.3 is 19.8 Å². The summed E-state index contributed by atoms with van der Waals surface area (Å²) >= 11 is 0. The second-order valence-electron chi connectivity index (χ2n) is 19.6. The topological polar surface area (TPSA) is 105 Å². The number of unbranched alkanes of at least 4 members (excludes halogenated alkanes) is 30. The van der Waals surface area contributed by atoms with E-state index in [9.17, 15) is 19.4 Å². The SMILES string of the molecule is CCCCCCCC/C=C\CCCCCCCCCC(=O)NC(COP(=O)(O)OCC[N+](C)(C)C)C(O)/C=C/CC/C=C/CC/C=C/CCCCCCCCCCCCCCCCC. The number of carbonyl (C=O) groups is 1. The van der Waals surface area contributed by atoms with Crippen molar-refractivity contribution in [3.05, 3.63) is 48.6 Å². The lowest BCUT2D eigenvalue weighted by Crippen LogP contribution is -2.45. The number of phosphoric acid groups is 1. The van der Waals surface area contributed by atoms with E-state index in [-0.39, 0.29) is 19.1 Å². The predicted octanol–water partition coefficient (Wildman–Crippen LogP) is 16.0. The van der Waals surface area contributed by atoms with Crippen LogP contribution < -0.4 is 5.32 Å². The Bertz CT molecular complexity index is 1180. The number of amides is 1. The molecule has 9 heteroatoms. The van der Waals surface area contributed by atoms with Crippen molar-refractivity contribution in [1.29, 1.82) is 0 Å². The van der Waals surface area contributed by atoms with Crippen molar-refractivity contribution in [2.24, 2.45) is 0 Å². The molecule has 3 atom stereocenters. The number of quaternary nitrogens is 1. The van der Waals surface area contributed by atoms with Crippen molar-refractivity contribution >= 4 is 13.7 Å². The molecular weight excluding hydrogens is 816 g/mol. The van der Waals surface area contributed by atoms with Gasteiger partial charge in [-0.2, -0.15) is 0 Å². The van der Waals surface area contributed by atoms with Gasteiger partial charge in [-0.1, -0.05) is 217 Å². The monoisotopic (exact) mass is 922 g/mol. The summed E-state index contributed by atoms with van der Waals surface area (Å²) in [6.07, 6.45) is 60.6. The number of nitrogens with one attached hydrogen (secondary N) is 1. The number of nitrogens with zero attached hydrogens (tertiary/aromatic N) is 1. The Morgan fingerprint density at radius 2 is 0.859 bits per heavy atom. The van der Waals surface area contributed by atoms with E-state index in [2.05, 4.69) is 55.6 Å². The summed E-state index contributed by atoms with van der Waals surface area (Å²) in [5, 5.41) is 13.9. The molecule has 0 fully saturated rings. The van der Waals surface area contributed by atoms with E-state index < -0.39 is 20.0 Å². The molecule has 0 aromatic rings. The van der Waals surface area contributed by atoms with Gasteiger partial charge in [0.25, 0.3) is 0 Å². The van der Waals surface area contributed by atoms with Gasteiger partial charge in [0.05, 0.1) is 39.9 Å². The average Bonchev–Trinajstić information content (AvgIpc) is 3.25. The molecule has 0 heterocycles. The van der Waals surface area contributed by atoms with Gasteiger partial charge in [-0.05, 0) is 70.6 Å². The molecular formula is C55H106N2O6P+. The van der Waals surface area contributed by atoms with Crippen LogP contribution in [0, 0.1) is 0 Å². The summed E-state index contributed by atoms with van der Waals surface area (Å²) in [5.41, 5.74) is 0. The average molecular weight is 922 g/mol. The second kappa shape index (κ2) is 46.6. The van der Waals surface area contributed by atoms with Crippen LogP contribution in [0.15, 0.2) is 48.6 Å². The van der Waals surface area contributed by atoms with Gasteiger partial charge in [-0.15, -0.1) is 0 Å². The molecule has 0 aliphatic heterocycles. The molecule has 3 N–H and O–H groups in total. The fraction of sp³-hybridized carbons (Fsp3) is 0.836. The van der Waals surface area contributed by atoms with E-state index in [0.717, 1.165) is 44.9 Å². The summed E-state index contributed by atoms with van der Waals surface area (Å²) in [6, 6.07) is -0.872. The van der Waals surface area contributed by atoms with Gasteiger partial charge in [-0.3, -0.25) is 13.8 Å². The van der Waals surface area contributed by atoms with E-state index in [1.807, 2.05) is 27.2 Å². The van der Waals surface area contributed by atoms with Gasteiger partial charge in [0.1, 0.15) is 13.2 Å². The van der Waals surface area contributed by atoms with E-state index in [1.54, 1.807) is 6.08 Å². The summed E-state index contributed by atoms with van der Waals surface area (Å²) in [4.78, 5) is 23.2. The lowest BCUT2D eigenvalue weighted by molar-refractivity contribution is -0.870. The van der Waals surface area contributed by atoms with Gasteiger partial charge >= 0.3 is 7.82 Å². The number of likely N-dealkylation sites (N-methyl/N-ethyl adjacent to an activating group) is 1. The quantitative estimate of drug-likeness (QED) is 0.0243. The van der Waals surface area contributed by atoms with Crippen LogP contribution in [0.25, 0.3) is 0 Å². The van der Waals surface area contributed by atoms with Crippen LogP contribution in [0.3, 0.4) is 0 Å². The van der Waals surface area contributed by atoms with Crippen LogP contribution in [0.4, 0.5) is 0 Å². The summed E-state index contributed by atoms with van der Waals surface area (Å²) < 4.78 is 23.6. The predicted molar refractivity (Wildman–Crippen MR) is 277 cm³/mol.